The predicted octanol–water partition coefficient (Wildman–Crippen LogP) is 1.64. The fourth-order valence-electron chi connectivity index (χ4n) is 2.29. The van der Waals surface area contributed by atoms with Gasteiger partial charge in [-0.15, -0.1) is 5.75 Å². The maximum atomic E-state index is 12.5. The van der Waals surface area contributed by atoms with Crippen LogP contribution in [0, 0.1) is 0 Å². The van der Waals surface area contributed by atoms with Crippen molar-refractivity contribution in [3.05, 3.63) is 53.2 Å². The van der Waals surface area contributed by atoms with Gasteiger partial charge in [-0.1, -0.05) is 24.3 Å². The molecule has 0 unspecified atom stereocenters. The fourth-order valence-corrected chi connectivity index (χ4v) is 2.29. The van der Waals surface area contributed by atoms with Crippen molar-refractivity contribution in [1.82, 2.24) is 5.32 Å². The summed E-state index contributed by atoms with van der Waals surface area (Å²) in [6.45, 7) is 0. The highest BCUT2D eigenvalue weighted by atomic mass is 16.5. The molecule has 8 nitrogen and oxygen atoms in total. The molecule has 0 heterocycles. The average molecular weight is 372 g/mol. The molecule has 8 heteroatoms. The Morgan fingerprint density at radius 3 is 2.00 bits per heavy atom. The van der Waals surface area contributed by atoms with E-state index in [1.807, 2.05) is 0 Å². The smallest absolute Gasteiger partial charge is 0.352 e. The van der Waals surface area contributed by atoms with Crippen LogP contribution >= 0.6 is 0 Å². The number of hydrogen-bond acceptors (Lipinski definition) is 6. The zero-order valence-electron chi connectivity index (χ0n) is 14.9. The molecule has 0 aliphatic rings. The maximum absolute atomic E-state index is 12.5. The Hall–Kier alpha value is -3.68. The van der Waals surface area contributed by atoms with E-state index < -0.39 is 11.9 Å². The van der Waals surface area contributed by atoms with Gasteiger partial charge in [0, 0.05) is 5.56 Å². The molecule has 0 aromatic heterocycles. The molecule has 2 rings (SSSR count). The van der Waals surface area contributed by atoms with Crippen molar-refractivity contribution in [2.24, 2.45) is 0 Å². The zero-order chi connectivity index (χ0) is 20.0. The van der Waals surface area contributed by atoms with Crippen molar-refractivity contribution in [2.45, 2.75) is 0 Å². The molecule has 0 saturated heterocycles. The summed E-state index contributed by atoms with van der Waals surface area (Å²) >= 11 is 0. The van der Waals surface area contributed by atoms with Crippen molar-refractivity contribution in [1.29, 1.82) is 0 Å². The second-order valence-corrected chi connectivity index (χ2v) is 5.30. The second kappa shape index (κ2) is 8.61. The summed E-state index contributed by atoms with van der Waals surface area (Å²) in [7, 11) is 4.24. The van der Waals surface area contributed by atoms with Crippen LogP contribution in [0.4, 0.5) is 0 Å². The number of aliphatic carboxylic acids is 1. The lowest BCUT2D eigenvalue weighted by Crippen LogP contribution is -2.27. The summed E-state index contributed by atoms with van der Waals surface area (Å²) in [5, 5.41) is 22.8. The molecule has 0 bridgehead atoms. The minimum absolute atomic E-state index is 0.117. The summed E-state index contributed by atoms with van der Waals surface area (Å²) in [6, 6.07) is 8.32. The van der Waals surface area contributed by atoms with E-state index in [1.54, 1.807) is 0 Å². The lowest BCUT2D eigenvalue weighted by Gasteiger charge is -2.14. The number of methoxy groups -OCH3 is 3. The minimum atomic E-state index is -1.33. The van der Waals surface area contributed by atoms with E-state index in [0.29, 0.717) is 11.3 Å². The number of amides is 1. The van der Waals surface area contributed by atoms with Gasteiger partial charge in [-0.05, 0) is 23.8 Å². The average Bonchev–Trinajstić information content (AvgIpc) is 2.67. The van der Waals surface area contributed by atoms with Crippen molar-refractivity contribution in [3.8, 4) is 23.0 Å². The van der Waals surface area contributed by atoms with Gasteiger partial charge >= 0.3 is 5.97 Å². The topological polar surface area (TPSA) is 117 Å². The van der Waals surface area contributed by atoms with Gasteiger partial charge in [-0.3, -0.25) is 4.79 Å². The second-order valence-electron chi connectivity index (χ2n) is 5.30. The largest absolute Gasteiger partial charge is 0.872 e. The number of carboxylic acids is 1. The first-order valence-corrected chi connectivity index (χ1v) is 7.73. The molecule has 27 heavy (non-hydrogen) atoms. The van der Waals surface area contributed by atoms with E-state index in [0.717, 1.165) is 0 Å². The minimum Gasteiger partial charge on any atom is -0.872 e. The monoisotopic (exact) mass is 372 g/mol. The third-order valence-electron chi connectivity index (χ3n) is 3.60. The number of rotatable bonds is 7. The molecule has 142 valence electrons. The fraction of sp³-hybridized carbons (Fsp3) is 0.158. The Balaban J connectivity index is 2.35. The van der Waals surface area contributed by atoms with Gasteiger partial charge in [-0.2, -0.15) is 0 Å². The third-order valence-corrected chi connectivity index (χ3v) is 3.60. The number of ether oxygens (including phenoxy) is 3. The van der Waals surface area contributed by atoms with Gasteiger partial charge in [-0.25, -0.2) is 4.79 Å². The number of nitrogens with one attached hydrogen (secondary N) is 1. The predicted molar refractivity (Wildman–Crippen MR) is 95.1 cm³/mol. The van der Waals surface area contributed by atoms with Crippen LogP contribution in [0.5, 0.6) is 23.0 Å². The van der Waals surface area contributed by atoms with Crippen LogP contribution in [0.2, 0.25) is 0 Å². The summed E-state index contributed by atoms with van der Waals surface area (Å²) in [4.78, 5) is 24.0. The van der Waals surface area contributed by atoms with Crippen LogP contribution in [-0.2, 0) is 4.79 Å². The molecular formula is C19H18NO7-. The van der Waals surface area contributed by atoms with Crippen LogP contribution in [0.15, 0.2) is 42.1 Å². The van der Waals surface area contributed by atoms with Gasteiger partial charge in [0.2, 0.25) is 5.75 Å². The van der Waals surface area contributed by atoms with E-state index >= 15 is 0 Å². The molecule has 1 amide bonds. The molecule has 0 saturated carbocycles. The molecule has 0 fully saturated rings. The molecule has 0 atom stereocenters. The van der Waals surface area contributed by atoms with Crippen LogP contribution < -0.4 is 24.6 Å². The third kappa shape index (κ3) is 4.69. The van der Waals surface area contributed by atoms with Gasteiger partial charge < -0.3 is 29.7 Å². The van der Waals surface area contributed by atoms with Crippen LogP contribution in [-0.4, -0.2) is 38.3 Å². The molecule has 0 aliphatic heterocycles. The SMILES string of the molecule is COc1cc(C(=O)N/C(=C\c2ccc([O-])cc2)C(=O)O)cc(OC)c1OC. The first-order valence-electron chi connectivity index (χ1n) is 7.73. The van der Waals surface area contributed by atoms with Crippen LogP contribution in [0.1, 0.15) is 15.9 Å². The Labute approximate surface area is 155 Å². The highest BCUT2D eigenvalue weighted by Gasteiger charge is 2.19. The molecule has 0 aliphatic carbocycles. The Bertz CT molecular complexity index is 847. The molecule has 2 aromatic rings. The Morgan fingerprint density at radius 1 is 1.00 bits per heavy atom. The summed E-state index contributed by atoms with van der Waals surface area (Å²) in [6.07, 6.45) is 1.25. The van der Waals surface area contributed by atoms with Gasteiger partial charge in [0.1, 0.15) is 5.70 Å². The van der Waals surface area contributed by atoms with Crippen molar-refractivity contribution in [3.63, 3.8) is 0 Å². The highest BCUT2D eigenvalue weighted by Crippen LogP contribution is 2.38. The van der Waals surface area contributed by atoms with Gasteiger partial charge in [0.15, 0.2) is 11.5 Å². The number of benzene rings is 2. The van der Waals surface area contributed by atoms with Crippen LogP contribution in [0.25, 0.3) is 6.08 Å². The number of hydrogen-bond donors (Lipinski definition) is 2. The first-order chi connectivity index (χ1) is 12.9. The quantitative estimate of drug-likeness (QED) is 0.710. The summed E-state index contributed by atoms with van der Waals surface area (Å²) in [5.74, 6) is -1.39. The Kier molecular flexibility index (Phi) is 6.27. The van der Waals surface area contributed by atoms with Crippen molar-refractivity contribution >= 4 is 18.0 Å². The molecular weight excluding hydrogens is 354 g/mol. The normalized spacial score (nSPS) is 10.9. The maximum Gasteiger partial charge on any atom is 0.352 e. The number of carbonyl (C=O) groups is 2. The van der Waals surface area contributed by atoms with Crippen molar-refractivity contribution in [2.75, 3.05) is 21.3 Å². The number of carbonyl (C=O) groups excluding carboxylic acids is 1. The first kappa shape index (κ1) is 19.6. The molecule has 0 spiro atoms. The van der Waals surface area contributed by atoms with E-state index in [2.05, 4.69) is 5.32 Å². The summed E-state index contributed by atoms with van der Waals surface area (Å²) in [5.41, 5.74) is 0.219. The highest BCUT2D eigenvalue weighted by molar-refractivity contribution is 6.03. The van der Waals surface area contributed by atoms with Crippen LogP contribution in [0.3, 0.4) is 0 Å². The van der Waals surface area contributed by atoms with E-state index in [-0.39, 0.29) is 28.5 Å². The Morgan fingerprint density at radius 2 is 1.56 bits per heavy atom. The number of carboxylic acid groups (broad SMARTS) is 1. The lowest BCUT2D eigenvalue weighted by molar-refractivity contribution is -0.268. The standard InChI is InChI=1S/C19H19NO7/c1-25-15-9-12(10-16(26-2)17(15)27-3)18(22)20-14(19(23)24)8-11-4-6-13(21)7-5-11/h4-10,21H,1-3H3,(H,20,22)(H,23,24)/p-1/b14-8-. The molecule has 0 radical (unpaired) electrons. The van der Waals surface area contributed by atoms with E-state index in [9.17, 15) is 19.8 Å². The van der Waals surface area contributed by atoms with Crippen molar-refractivity contribution < 1.29 is 34.0 Å². The molecule has 2 aromatic carbocycles. The van der Waals surface area contributed by atoms with E-state index in [4.69, 9.17) is 14.2 Å². The lowest BCUT2D eigenvalue weighted by atomic mass is 10.1. The van der Waals surface area contributed by atoms with Gasteiger partial charge in [0.25, 0.3) is 5.91 Å². The zero-order valence-corrected chi connectivity index (χ0v) is 14.9. The summed E-state index contributed by atoms with van der Waals surface area (Å²) < 4.78 is 15.6. The molecule has 2 N–H and O–H groups in total. The van der Waals surface area contributed by atoms with E-state index in [1.165, 1.54) is 63.8 Å². The van der Waals surface area contributed by atoms with Gasteiger partial charge in [0.05, 0.1) is 21.3 Å².